The summed E-state index contributed by atoms with van der Waals surface area (Å²) in [6.45, 7) is 5.44. The number of ketones is 1. The van der Waals surface area contributed by atoms with Crippen molar-refractivity contribution < 1.29 is 23.9 Å². The van der Waals surface area contributed by atoms with Crippen LogP contribution in [0.1, 0.15) is 42.5 Å². The van der Waals surface area contributed by atoms with Gasteiger partial charge in [-0.15, -0.1) is 11.3 Å². The lowest BCUT2D eigenvalue weighted by Crippen LogP contribution is -2.62. The lowest BCUT2D eigenvalue weighted by molar-refractivity contribution is -0.143. The minimum absolute atomic E-state index is 0.0927. The molecule has 2 aromatic rings. The maximum absolute atomic E-state index is 14.1. The monoisotopic (exact) mass is 622 g/mol. The molecule has 234 valence electrons. The van der Waals surface area contributed by atoms with Crippen molar-refractivity contribution in [1.29, 1.82) is 0 Å². The summed E-state index contributed by atoms with van der Waals surface area (Å²) >= 11 is 1.62. The Morgan fingerprint density at radius 3 is 2.64 bits per heavy atom. The van der Waals surface area contributed by atoms with Crippen molar-refractivity contribution in [2.45, 2.75) is 55.8 Å². The number of amides is 2. The number of hydrogen-bond donors (Lipinski definition) is 1. The minimum atomic E-state index is -1.13. The van der Waals surface area contributed by atoms with Gasteiger partial charge in [-0.3, -0.25) is 19.3 Å². The Labute approximate surface area is 260 Å². The third-order valence-electron chi connectivity index (χ3n) is 9.28. The molecule has 2 amide bonds. The zero-order valence-electron chi connectivity index (χ0n) is 24.9. The van der Waals surface area contributed by atoms with Crippen LogP contribution in [0.2, 0.25) is 0 Å². The van der Waals surface area contributed by atoms with Crippen molar-refractivity contribution in [3.63, 3.8) is 0 Å². The second kappa shape index (κ2) is 13.2. The Morgan fingerprint density at radius 2 is 1.93 bits per heavy atom. The molecule has 1 aliphatic carbocycles. The number of anilines is 1. The number of rotatable bonds is 9. The molecular weight excluding hydrogens is 584 g/mol. The third-order valence-corrected chi connectivity index (χ3v) is 10.2. The van der Waals surface area contributed by atoms with E-state index in [1.807, 2.05) is 17.5 Å². The van der Waals surface area contributed by atoms with Gasteiger partial charge in [0.1, 0.15) is 18.2 Å². The normalized spacial score (nSPS) is 25.0. The van der Waals surface area contributed by atoms with E-state index in [9.17, 15) is 14.4 Å². The summed E-state index contributed by atoms with van der Waals surface area (Å²) < 4.78 is 10.8. The molecule has 1 aromatic carbocycles. The van der Waals surface area contributed by atoms with Gasteiger partial charge < -0.3 is 24.6 Å². The molecule has 13 nitrogen and oxygen atoms in total. The summed E-state index contributed by atoms with van der Waals surface area (Å²) in [7, 11) is 1.73. The fourth-order valence-corrected chi connectivity index (χ4v) is 7.73. The van der Waals surface area contributed by atoms with Crippen LogP contribution in [0.25, 0.3) is 21.7 Å². The van der Waals surface area contributed by atoms with Gasteiger partial charge in [0.15, 0.2) is 10.9 Å². The van der Waals surface area contributed by atoms with Crippen molar-refractivity contribution in [2.24, 2.45) is 5.11 Å². The summed E-state index contributed by atoms with van der Waals surface area (Å²) in [5, 5.41) is 9.89. The predicted octanol–water partition coefficient (Wildman–Crippen LogP) is 2.87. The van der Waals surface area contributed by atoms with Gasteiger partial charge in [-0.2, -0.15) is 0 Å². The number of methoxy groups -OCH3 is 1. The number of benzene rings is 1. The first-order valence-electron chi connectivity index (χ1n) is 15.3. The Hall–Kier alpha value is -3.55. The summed E-state index contributed by atoms with van der Waals surface area (Å²) in [4.78, 5) is 54.3. The molecule has 4 heterocycles. The number of thiazole rings is 1. The zero-order valence-corrected chi connectivity index (χ0v) is 25.7. The molecule has 0 radical (unpaired) electrons. The van der Waals surface area contributed by atoms with Gasteiger partial charge in [0.05, 0.1) is 24.4 Å². The first-order valence-corrected chi connectivity index (χ1v) is 16.1. The fraction of sp³-hybridized carbons (Fsp3) is 0.600. The molecule has 4 fully saturated rings. The molecule has 3 aliphatic heterocycles. The van der Waals surface area contributed by atoms with E-state index < -0.39 is 23.7 Å². The van der Waals surface area contributed by atoms with E-state index in [1.54, 1.807) is 30.6 Å². The molecule has 44 heavy (non-hydrogen) atoms. The van der Waals surface area contributed by atoms with Crippen LogP contribution >= 0.6 is 11.3 Å². The van der Waals surface area contributed by atoms with E-state index in [0.29, 0.717) is 18.4 Å². The van der Waals surface area contributed by atoms with Crippen LogP contribution in [-0.2, 0) is 19.1 Å². The molecule has 6 rings (SSSR count). The third kappa shape index (κ3) is 6.04. The standard InChI is InChI=1S/C30H38N8O5S/c1-42-16-15-36-11-13-37(14-12-36)29-32-23(19-44-29)20-5-7-21(8-6-20)27(40)33-30(9-3-2-4-10-30)28(41)38-17-22(34-35-31)26-25(38)24(39)18-43-26/h5-8,19,22,25-26H,2-4,9-18H2,1H3,(H,33,40)/t22-,25-,26-/m1/s1. The minimum Gasteiger partial charge on any atom is -0.383 e. The van der Waals surface area contributed by atoms with Crippen LogP contribution in [0.4, 0.5) is 5.13 Å². The van der Waals surface area contributed by atoms with Crippen LogP contribution in [0, 0.1) is 0 Å². The number of hydrogen-bond acceptors (Lipinski definition) is 10. The number of nitrogens with zero attached hydrogens (tertiary/aromatic N) is 7. The number of fused-ring (bicyclic) bond motifs is 1. The highest BCUT2D eigenvalue weighted by molar-refractivity contribution is 7.14. The highest BCUT2D eigenvalue weighted by Gasteiger charge is 2.56. The van der Waals surface area contributed by atoms with E-state index in [1.165, 1.54) is 4.90 Å². The second-order valence-corrected chi connectivity index (χ2v) is 12.8. The lowest BCUT2D eigenvalue weighted by Gasteiger charge is -2.40. The average Bonchev–Trinajstić information content (AvgIpc) is 3.78. The van der Waals surface area contributed by atoms with E-state index in [2.05, 4.69) is 25.1 Å². The molecule has 0 unspecified atom stereocenters. The SMILES string of the molecule is COCCN1CCN(c2nc(-c3ccc(C(=O)NC4(C(=O)N5C[C@@H](N=[N+]=[N-])[C@H]6OCC(=O)[C@H]65)CCCCC4)cc3)cs2)CC1. The predicted molar refractivity (Wildman–Crippen MR) is 165 cm³/mol. The van der Waals surface area contributed by atoms with Gasteiger partial charge >= 0.3 is 0 Å². The average molecular weight is 623 g/mol. The van der Waals surface area contributed by atoms with Crippen LogP contribution in [0.5, 0.6) is 0 Å². The number of likely N-dealkylation sites (tertiary alicyclic amines) is 1. The van der Waals surface area contributed by atoms with E-state index in [-0.39, 0.29) is 30.7 Å². The Bertz CT molecular complexity index is 1410. The number of piperazine rings is 1. The number of Topliss-reactive ketones (excluding diaryl/α,β-unsaturated/α-hetero) is 1. The van der Waals surface area contributed by atoms with Gasteiger partial charge in [0.2, 0.25) is 5.91 Å². The van der Waals surface area contributed by atoms with Crippen LogP contribution in [0.3, 0.4) is 0 Å². The number of carbonyl (C=O) groups is 3. The molecule has 1 aromatic heterocycles. The zero-order chi connectivity index (χ0) is 30.7. The largest absolute Gasteiger partial charge is 0.383 e. The van der Waals surface area contributed by atoms with Crippen LogP contribution < -0.4 is 10.2 Å². The quantitative estimate of drug-likeness (QED) is 0.255. The summed E-state index contributed by atoms with van der Waals surface area (Å²) in [6, 6.07) is 5.86. The maximum atomic E-state index is 14.1. The van der Waals surface area contributed by atoms with Crippen molar-refractivity contribution in [3.05, 3.63) is 45.7 Å². The van der Waals surface area contributed by atoms with Crippen LogP contribution in [0.15, 0.2) is 34.8 Å². The number of aromatic nitrogens is 1. The Balaban J connectivity index is 1.13. The Kier molecular flexibility index (Phi) is 9.15. The van der Waals surface area contributed by atoms with Crippen molar-refractivity contribution in [2.75, 3.05) is 64.5 Å². The highest BCUT2D eigenvalue weighted by Crippen LogP contribution is 2.36. The molecule has 0 bridgehead atoms. The van der Waals surface area contributed by atoms with Crippen LogP contribution in [-0.4, -0.2) is 116 Å². The fourth-order valence-electron chi connectivity index (χ4n) is 6.84. The van der Waals surface area contributed by atoms with Gasteiger partial charge in [-0.05, 0) is 30.5 Å². The molecule has 1 N–H and O–H groups in total. The summed E-state index contributed by atoms with van der Waals surface area (Å²) in [5.74, 6) is -0.851. The van der Waals surface area contributed by atoms with E-state index in [4.69, 9.17) is 20.0 Å². The summed E-state index contributed by atoms with van der Waals surface area (Å²) in [6.07, 6.45) is 2.84. The van der Waals surface area contributed by atoms with Crippen molar-refractivity contribution in [1.82, 2.24) is 20.1 Å². The lowest BCUT2D eigenvalue weighted by atomic mass is 9.80. The maximum Gasteiger partial charge on any atom is 0.252 e. The number of carbonyl (C=O) groups excluding carboxylic acids is 3. The number of nitrogens with one attached hydrogen (secondary N) is 1. The molecule has 0 spiro atoms. The first kappa shape index (κ1) is 30.5. The van der Waals surface area contributed by atoms with Gasteiger partial charge in [0.25, 0.3) is 5.91 Å². The number of azide groups is 1. The molecule has 4 aliphatic rings. The van der Waals surface area contributed by atoms with Gasteiger partial charge in [0, 0.05) is 67.8 Å². The topological polar surface area (TPSA) is 153 Å². The number of ether oxygens (including phenoxy) is 2. The van der Waals surface area contributed by atoms with Crippen molar-refractivity contribution >= 4 is 34.1 Å². The molecule has 14 heteroatoms. The van der Waals surface area contributed by atoms with Gasteiger partial charge in [-0.1, -0.05) is 36.5 Å². The molecule has 3 saturated heterocycles. The second-order valence-electron chi connectivity index (χ2n) is 11.9. The molecular formula is C30H38N8O5S. The molecule has 1 saturated carbocycles. The smallest absolute Gasteiger partial charge is 0.252 e. The first-order chi connectivity index (χ1) is 21.4. The Morgan fingerprint density at radius 1 is 1.18 bits per heavy atom. The van der Waals surface area contributed by atoms with E-state index >= 15 is 0 Å². The van der Waals surface area contributed by atoms with Gasteiger partial charge in [-0.25, -0.2) is 4.98 Å². The van der Waals surface area contributed by atoms with E-state index in [0.717, 1.165) is 75.0 Å². The van der Waals surface area contributed by atoms with Crippen molar-refractivity contribution in [3.8, 4) is 11.3 Å². The summed E-state index contributed by atoms with van der Waals surface area (Å²) in [5.41, 5.74) is 10.1. The molecule has 3 atom stereocenters. The highest BCUT2D eigenvalue weighted by atomic mass is 32.1.